The van der Waals surface area contributed by atoms with Crippen LogP contribution in [0.15, 0.2) is 54.6 Å². The Morgan fingerprint density at radius 1 is 1.09 bits per heavy atom. The maximum Gasteiger partial charge on any atom is 0.416 e. The van der Waals surface area contributed by atoms with Gasteiger partial charge in [0.25, 0.3) is 0 Å². The van der Waals surface area contributed by atoms with Crippen molar-refractivity contribution in [3.63, 3.8) is 0 Å². The molecule has 5 nitrogen and oxygen atoms in total. The molecule has 32 heavy (non-hydrogen) atoms. The van der Waals surface area contributed by atoms with Crippen molar-refractivity contribution in [2.24, 2.45) is 5.92 Å². The first-order valence-corrected chi connectivity index (χ1v) is 10.5. The molecular formula is C24H25F3N4O. The Hall–Kier alpha value is -3.29. The Bertz CT molecular complexity index is 1110. The number of anilines is 1. The van der Waals surface area contributed by atoms with Crippen LogP contribution in [0, 0.1) is 19.8 Å². The summed E-state index contributed by atoms with van der Waals surface area (Å²) >= 11 is 0. The number of rotatable bonds is 5. The first kappa shape index (κ1) is 21.9. The number of benzene rings is 2. The summed E-state index contributed by atoms with van der Waals surface area (Å²) in [6.07, 6.45) is -3.87. The summed E-state index contributed by atoms with van der Waals surface area (Å²) in [5.74, 6) is -0.474. The average Bonchev–Trinajstić information content (AvgIpc) is 3.38. The molecule has 3 aromatic rings. The van der Waals surface area contributed by atoms with Gasteiger partial charge in [-0.2, -0.15) is 18.3 Å². The summed E-state index contributed by atoms with van der Waals surface area (Å²) < 4.78 is 42.8. The van der Waals surface area contributed by atoms with Gasteiger partial charge in [0.1, 0.15) is 0 Å². The minimum atomic E-state index is -4.54. The van der Waals surface area contributed by atoms with Crippen molar-refractivity contribution < 1.29 is 18.0 Å². The fourth-order valence-corrected chi connectivity index (χ4v) is 4.18. The predicted molar refractivity (Wildman–Crippen MR) is 117 cm³/mol. The van der Waals surface area contributed by atoms with Crippen molar-refractivity contribution in [2.45, 2.75) is 33.0 Å². The summed E-state index contributed by atoms with van der Waals surface area (Å²) in [5.41, 5.74) is 2.14. The van der Waals surface area contributed by atoms with Crippen molar-refractivity contribution in [3.8, 4) is 5.69 Å². The van der Waals surface area contributed by atoms with Crippen LogP contribution in [0.5, 0.6) is 0 Å². The van der Waals surface area contributed by atoms with Gasteiger partial charge in [-0.1, -0.05) is 24.3 Å². The molecular weight excluding hydrogens is 417 g/mol. The van der Waals surface area contributed by atoms with E-state index >= 15 is 0 Å². The number of hydrogen-bond donors (Lipinski definition) is 1. The number of amides is 1. The van der Waals surface area contributed by atoms with Gasteiger partial charge in [-0.3, -0.25) is 4.79 Å². The molecule has 0 spiro atoms. The van der Waals surface area contributed by atoms with Gasteiger partial charge in [-0.25, -0.2) is 4.68 Å². The van der Waals surface area contributed by atoms with E-state index in [1.54, 1.807) is 19.9 Å². The second-order valence-electron chi connectivity index (χ2n) is 8.16. The molecule has 8 heteroatoms. The van der Waals surface area contributed by atoms with Crippen LogP contribution < -0.4 is 10.2 Å². The quantitative estimate of drug-likeness (QED) is 0.626. The first-order valence-electron chi connectivity index (χ1n) is 10.5. The van der Waals surface area contributed by atoms with E-state index in [1.807, 2.05) is 36.4 Å². The van der Waals surface area contributed by atoms with Crippen LogP contribution in [0.25, 0.3) is 5.69 Å². The third-order valence-electron chi connectivity index (χ3n) is 5.79. The van der Waals surface area contributed by atoms with Crippen molar-refractivity contribution in [1.82, 2.24) is 15.1 Å². The first-order chi connectivity index (χ1) is 15.2. The Balaban J connectivity index is 1.47. The molecule has 1 aliphatic heterocycles. The van der Waals surface area contributed by atoms with Crippen LogP contribution in [-0.2, 0) is 17.5 Å². The summed E-state index contributed by atoms with van der Waals surface area (Å²) in [4.78, 5) is 14.8. The molecule has 1 saturated heterocycles. The number of hydrogen-bond acceptors (Lipinski definition) is 3. The smallest absolute Gasteiger partial charge is 0.371 e. The lowest BCUT2D eigenvalue weighted by Gasteiger charge is -2.19. The number of carbonyl (C=O) groups is 1. The second kappa shape index (κ2) is 8.68. The number of aryl methyl sites for hydroxylation is 2. The van der Waals surface area contributed by atoms with E-state index in [-0.39, 0.29) is 23.9 Å². The van der Waals surface area contributed by atoms with Gasteiger partial charge in [0.15, 0.2) is 0 Å². The van der Waals surface area contributed by atoms with Crippen LogP contribution in [0.3, 0.4) is 0 Å². The Labute approximate surface area is 184 Å². The number of alkyl halides is 3. The standard InChI is InChI=1S/C24H25F3N4O/c1-16-12-17(2)31(29-16)21-9-8-18(22(13-21)24(25,26)27)14-28-23(32)19-10-11-30(15-19)20-6-4-3-5-7-20/h3-9,12-13,19H,10-11,14-15H2,1-2H3,(H,28,32). The van der Waals surface area contributed by atoms with Gasteiger partial charge in [0.2, 0.25) is 5.91 Å². The van der Waals surface area contributed by atoms with E-state index in [2.05, 4.69) is 15.3 Å². The molecule has 0 aliphatic carbocycles. The molecule has 1 amide bonds. The minimum Gasteiger partial charge on any atom is -0.371 e. The van der Waals surface area contributed by atoms with E-state index in [9.17, 15) is 18.0 Å². The molecule has 2 heterocycles. The van der Waals surface area contributed by atoms with Crippen LogP contribution in [-0.4, -0.2) is 28.8 Å². The van der Waals surface area contributed by atoms with Gasteiger partial charge < -0.3 is 10.2 Å². The van der Waals surface area contributed by atoms with Gasteiger partial charge in [0.05, 0.1) is 22.9 Å². The molecule has 1 aliphatic rings. The van der Waals surface area contributed by atoms with E-state index in [4.69, 9.17) is 0 Å². The monoisotopic (exact) mass is 442 g/mol. The van der Waals surface area contributed by atoms with E-state index in [1.165, 1.54) is 10.7 Å². The van der Waals surface area contributed by atoms with Crippen LogP contribution in [0.4, 0.5) is 18.9 Å². The summed E-state index contributed by atoms with van der Waals surface area (Å²) in [5, 5.41) is 6.98. The van der Waals surface area contributed by atoms with Gasteiger partial charge in [0, 0.05) is 31.0 Å². The summed E-state index contributed by atoms with van der Waals surface area (Å²) in [6.45, 7) is 4.71. The van der Waals surface area contributed by atoms with Gasteiger partial charge in [-0.05, 0) is 56.2 Å². The summed E-state index contributed by atoms with van der Waals surface area (Å²) in [7, 11) is 0. The molecule has 1 N–H and O–H groups in total. The fraction of sp³-hybridized carbons (Fsp3) is 0.333. The number of nitrogens with one attached hydrogen (secondary N) is 1. The number of aromatic nitrogens is 2. The highest BCUT2D eigenvalue weighted by molar-refractivity contribution is 5.80. The molecule has 0 bridgehead atoms. The highest BCUT2D eigenvalue weighted by Gasteiger charge is 2.34. The van der Waals surface area contributed by atoms with Crippen molar-refractivity contribution >= 4 is 11.6 Å². The maximum atomic E-state index is 13.8. The zero-order valence-electron chi connectivity index (χ0n) is 18.0. The second-order valence-corrected chi connectivity index (χ2v) is 8.16. The molecule has 0 radical (unpaired) electrons. The van der Waals surface area contributed by atoms with Crippen molar-refractivity contribution in [1.29, 1.82) is 0 Å². The molecule has 1 atom stereocenters. The number of carbonyl (C=O) groups excluding carboxylic acids is 1. The SMILES string of the molecule is Cc1cc(C)n(-c2ccc(CNC(=O)C3CCN(c4ccccc4)C3)c(C(F)(F)F)c2)n1. The Morgan fingerprint density at radius 2 is 1.84 bits per heavy atom. The molecule has 4 rings (SSSR count). The molecule has 1 aromatic heterocycles. The fourth-order valence-electron chi connectivity index (χ4n) is 4.18. The zero-order valence-corrected chi connectivity index (χ0v) is 18.0. The van der Waals surface area contributed by atoms with Crippen LogP contribution >= 0.6 is 0 Å². The van der Waals surface area contributed by atoms with Crippen LogP contribution in [0.1, 0.15) is 28.9 Å². The maximum absolute atomic E-state index is 13.8. The Morgan fingerprint density at radius 3 is 2.50 bits per heavy atom. The number of para-hydroxylation sites is 1. The zero-order chi connectivity index (χ0) is 22.9. The normalized spacial score (nSPS) is 16.4. The van der Waals surface area contributed by atoms with Crippen LogP contribution in [0.2, 0.25) is 0 Å². The number of nitrogens with zero attached hydrogens (tertiary/aromatic N) is 3. The topological polar surface area (TPSA) is 50.2 Å². The molecule has 0 saturated carbocycles. The predicted octanol–water partition coefficient (Wildman–Crippen LogP) is 4.65. The number of halogens is 3. The molecule has 168 valence electrons. The van der Waals surface area contributed by atoms with E-state index in [0.717, 1.165) is 29.7 Å². The highest BCUT2D eigenvalue weighted by atomic mass is 19.4. The summed E-state index contributed by atoms with van der Waals surface area (Å²) in [6, 6.07) is 15.7. The average molecular weight is 442 g/mol. The largest absolute Gasteiger partial charge is 0.416 e. The van der Waals surface area contributed by atoms with E-state index in [0.29, 0.717) is 18.7 Å². The van der Waals surface area contributed by atoms with Crippen molar-refractivity contribution in [2.75, 3.05) is 18.0 Å². The van der Waals surface area contributed by atoms with E-state index < -0.39 is 11.7 Å². The minimum absolute atomic E-state index is 0.0362. The Kier molecular flexibility index (Phi) is 5.95. The highest BCUT2D eigenvalue weighted by Crippen LogP contribution is 2.34. The third-order valence-corrected chi connectivity index (χ3v) is 5.79. The lowest BCUT2D eigenvalue weighted by atomic mass is 10.0. The van der Waals surface area contributed by atoms with Gasteiger partial charge >= 0.3 is 6.18 Å². The third kappa shape index (κ3) is 4.64. The lowest BCUT2D eigenvalue weighted by molar-refractivity contribution is -0.138. The molecule has 2 aromatic carbocycles. The lowest BCUT2D eigenvalue weighted by Crippen LogP contribution is -2.33. The van der Waals surface area contributed by atoms with Gasteiger partial charge in [-0.15, -0.1) is 0 Å². The van der Waals surface area contributed by atoms with Crippen molar-refractivity contribution in [3.05, 3.63) is 77.1 Å². The molecule has 1 unspecified atom stereocenters. The molecule has 1 fully saturated rings.